The lowest BCUT2D eigenvalue weighted by Crippen LogP contribution is -2.56. The van der Waals surface area contributed by atoms with Crippen LogP contribution in [0.5, 0.6) is 0 Å². The van der Waals surface area contributed by atoms with Crippen molar-refractivity contribution in [3.05, 3.63) is 59.7 Å². The Hall–Kier alpha value is -3.39. The molecule has 8 heteroatoms. The number of hydrogen-bond acceptors (Lipinski definition) is 5. The fourth-order valence-corrected chi connectivity index (χ4v) is 4.21. The first kappa shape index (κ1) is 25.2. The highest BCUT2D eigenvalue weighted by molar-refractivity contribution is 5.87. The van der Waals surface area contributed by atoms with Crippen LogP contribution in [0.15, 0.2) is 48.5 Å². The smallest absolute Gasteiger partial charge is 0.407 e. The van der Waals surface area contributed by atoms with Crippen molar-refractivity contribution < 1.29 is 29.0 Å². The van der Waals surface area contributed by atoms with Crippen molar-refractivity contribution in [2.75, 3.05) is 13.7 Å². The maximum absolute atomic E-state index is 12.9. The first-order valence-corrected chi connectivity index (χ1v) is 11.4. The number of aliphatic carboxylic acids is 1. The van der Waals surface area contributed by atoms with Crippen LogP contribution in [0.25, 0.3) is 11.1 Å². The van der Waals surface area contributed by atoms with Crippen LogP contribution in [0, 0.1) is 5.92 Å². The highest BCUT2D eigenvalue weighted by Gasteiger charge is 2.32. The molecular formula is C26H32N2O6. The third-order valence-electron chi connectivity index (χ3n) is 6.27. The number of hydrogen-bond donors (Lipinski definition) is 3. The van der Waals surface area contributed by atoms with E-state index < -0.39 is 36.2 Å². The highest BCUT2D eigenvalue weighted by Crippen LogP contribution is 2.44. The zero-order chi connectivity index (χ0) is 24.8. The van der Waals surface area contributed by atoms with Crippen molar-refractivity contribution in [1.29, 1.82) is 0 Å². The van der Waals surface area contributed by atoms with E-state index in [0.29, 0.717) is 0 Å². The van der Waals surface area contributed by atoms with Gasteiger partial charge in [-0.1, -0.05) is 62.4 Å². The molecule has 8 nitrogen and oxygen atoms in total. The molecular weight excluding hydrogens is 436 g/mol. The molecule has 0 saturated heterocycles. The number of amides is 2. The van der Waals surface area contributed by atoms with Gasteiger partial charge in [0.25, 0.3) is 0 Å². The van der Waals surface area contributed by atoms with Gasteiger partial charge in [0.2, 0.25) is 5.91 Å². The van der Waals surface area contributed by atoms with Crippen LogP contribution < -0.4 is 10.6 Å². The number of ether oxygens (including phenoxy) is 2. The Bertz CT molecular complexity index is 992. The molecule has 0 spiro atoms. The number of methoxy groups -OCH3 is 1. The summed E-state index contributed by atoms with van der Waals surface area (Å²) in [6, 6.07) is 14.4. The van der Waals surface area contributed by atoms with Gasteiger partial charge in [-0.25, -0.2) is 4.79 Å². The van der Waals surface area contributed by atoms with E-state index in [2.05, 4.69) is 22.8 Å². The summed E-state index contributed by atoms with van der Waals surface area (Å²) in [5.41, 5.74) is 4.42. The number of fused-ring (bicyclic) bond motifs is 3. The van der Waals surface area contributed by atoms with E-state index in [1.54, 1.807) is 6.92 Å². The molecule has 2 amide bonds. The largest absolute Gasteiger partial charge is 0.481 e. The summed E-state index contributed by atoms with van der Waals surface area (Å²) in [4.78, 5) is 36.8. The summed E-state index contributed by atoms with van der Waals surface area (Å²) in [7, 11) is 1.43. The molecule has 3 atom stereocenters. The minimum absolute atomic E-state index is 0.104. The lowest BCUT2D eigenvalue weighted by molar-refractivity contribution is -0.138. The third-order valence-corrected chi connectivity index (χ3v) is 6.27. The first-order chi connectivity index (χ1) is 16.2. The van der Waals surface area contributed by atoms with Gasteiger partial charge in [-0.3, -0.25) is 9.59 Å². The fraction of sp³-hybridized carbons (Fsp3) is 0.423. The standard InChI is InChI=1S/C26H32N2O6/c1-15(2)22(13-23(29)30)27-25(31)24(16(3)33-4)28-26(32)34-14-21-19-11-7-5-9-17(19)18-10-6-8-12-20(18)21/h5-12,15-16,21-22,24H,13-14H2,1-4H3,(H,27,31)(H,28,32)(H,29,30)/t16-,22-,24+/m1/s1. The molecule has 0 bridgehead atoms. The van der Waals surface area contributed by atoms with Crippen LogP contribution in [0.4, 0.5) is 4.79 Å². The van der Waals surface area contributed by atoms with Gasteiger partial charge in [-0.05, 0) is 35.1 Å². The highest BCUT2D eigenvalue weighted by atomic mass is 16.5. The third kappa shape index (κ3) is 5.75. The lowest BCUT2D eigenvalue weighted by atomic mass is 9.98. The first-order valence-electron chi connectivity index (χ1n) is 11.4. The molecule has 0 aromatic heterocycles. The van der Waals surface area contributed by atoms with Crippen molar-refractivity contribution in [3.63, 3.8) is 0 Å². The second-order valence-corrected chi connectivity index (χ2v) is 8.85. The van der Waals surface area contributed by atoms with Gasteiger partial charge >= 0.3 is 12.1 Å². The zero-order valence-corrected chi connectivity index (χ0v) is 19.9. The number of rotatable bonds is 10. The topological polar surface area (TPSA) is 114 Å². The van der Waals surface area contributed by atoms with E-state index in [-0.39, 0.29) is 24.9 Å². The van der Waals surface area contributed by atoms with Gasteiger partial charge in [-0.15, -0.1) is 0 Å². The van der Waals surface area contributed by atoms with E-state index in [9.17, 15) is 14.4 Å². The average molecular weight is 469 g/mol. The maximum Gasteiger partial charge on any atom is 0.407 e. The predicted octanol–water partition coefficient (Wildman–Crippen LogP) is 3.54. The van der Waals surface area contributed by atoms with Crippen molar-refractivity contribution in [2.45, 2.75) is 51.3 Å². The molecule has 3 rings (SSSR count). The molecule has 1 aliphatic carbocycles. The van der Waals surface area contributed by atoms with Crippen molar-refractivity contribution in [1.82, 2.24) is 10.6 Å². The Morgan fingerprint density at radius 1 is 0.941 bits per heavy atom. The average Bonchev–Trinajstić information content (AvgIpc) is 3.13. The lowest BCUT2D eigenvalue weighted by Gasteiger charge is -2.27. The van der Waals surface area contributed by atoms with Crippen molar-refractivity contribution >= 4 is 18.0 Å². The number of carbonyl (C=O) groups excluding carboxylic acids is 2. The van der Waals surface area contributed by atoms with E-state index in [0.717, 1.165) is 22.3 Å². The van der Waals surface area contributed by atoms with Gasteiger partial charge in [-0.2, -0.15) is 0 Å². The van der Waals surface area contributed by atoms with Gasteiger partial charge < -0.3 is 25.2 Å². The fourth-order valence-electron chi connectivity index (χ4n) is 4.21. The molecule has 0 radical (unpaired) electrons. The summed E-state index contributed by atoms with van der Waals surface area (Å²) >= 11 is 0. The molecule has 1 aliphatic rings. The zero-order valence-electron chi connectivity index (χ0n) is 19.9. The number of benzene rings is 2. The molecule has 0 unspecified atom stereocenters. The molecule has 2 aromatic carbocycles. The second-order valence-electron chi connectivity index (χ2n) is 8.85. The Morgan fingerprint density at radius 3 is 2.00 bits per heavy atom. The molecule has 34 heavy (non-hydrogen) atoms. The molecule has 3 N–H and O–H groups in total. The van der Waals surface area contributed by atoms with Crippen LogP contribution in [0.3, 0.4) is 0 Å². The van der Waals surface area contributed by atoms with Gasteiger partial charge in [0.15, 0.2) is 0 Å². The van der Waals surface area contributed by atoms with E-state index >= 15 is 0 Å². The summed E-state index contributed by atoms with van der Waals surface area (Å²) in [6.45, 7) is 5.40. The minimum atomic E-state index is -1.05. The molecule has 0 saturated carbocycles. The number of carboxylic acid groups (broad SMARTS) is 1. The monoisotopic (exact) mass is 468 g/mol. The Morgan fingerprint density at radius 2 is 1.50 bits per heavy atom. The number of alkyl carbamates (subject to hydrolysis) is 1. The Balaban J connectivity index is 1.68. The molecule has 2 aromatic rings. The van der Waals surface area contributed by atoms with Crippen molar-refractivity contribution in [3.8, 4) is 11.1 Å². The van der Waals surface area contributed by atoms with Gasteiger partial charge in [0.1, 0.15) is 12.6 Å². The summed E-state index contributed by atoms with van der Waals surface area (Å²) in [5, 5.41) is 14.4. The predicted molar refractivity (Wildman–Crippen MR) is 127 cm³/mol. The van der Waals surface area contributed by atoms with Crippen LogP contribution in [0.2, 0.25) is 0 Å². The minimum Gasteiger partial charge on any atom is -0.481 e. The maximum atomic E-state index is 12.9. The SMILES string of the molecule is CO[C@H](C)[C@H](NC(=O)OCC1c2ccccc2-c2ccccc21)C(=O)N[C@H](CC(=O)O)C(C)C. The van der Waals surface area contributed by atoms with Crippen LogP contribution >= 0.6 is 0 Å². The Kier molecular flexibility index (Phi) is 8.28. The van der Waals surface area contributed by atoms with Crippen molar-refractivity contribution in [2.24, 2.45) is 5.92 Å². The number of carboxylic acids is 1. The number of carbonyl (C=O) groups is 3. The van der Waals surface area contributed by atoms with Crippen LogP contribution in [0.1, 0.15) is 44.2 Å². The molecule has 0 heterocycles. The second kappa shape index (κ2) is 11.2. The molecule has 0 aliphatic heterocycles. The quantitative estimate of drug-likeness (QED) is 0.491. The number of nitrogens with one attached hydrogen (secondary N) is 2. The van der Waals surface area contributed by atoms with E-state index in [4.69, 9.17) is 14.6 Å². The summed E-state index contributed by atoms with van der Waals surface area (Å²) in [5.74, 6) is -1.75. The summed E-state index contributed by atoms with van der Waals surface area (Å²) in [6.07, 6.45) is -1.62. The molecule has 182 valence electrons. The van der Waals surface area contributed by atoms with E-state index in [1.807, 2.05) is 50.2 Å². The summed E-state index contributed by atoms with van der Waals surface area (Å²) < 4.78 is 10.8. The van der Waals surface area contributed by atoms with Crippen LogP contribution in [-0.2, 0) is 19.1 Å². The van der Waals surface area contributed by atoms with Gasteiger partial charge in [0, 0.05) is 19.1 Å². The van der Waals surface area contributed by atoms with E-state index in [1.165, 1.54) is 7.11 Å². The molecule has 0 fully saturated rings. The van der Waals surface area contributed by atoms with Crippen LogP contribution in [-0.4, -0.2) is 55.0 Å². The Labute approximate surface area is 199 Å². The van der Waals surface area contributed by atoms with Gasteiger partial charge in [0.05, 0.1) is 12.5 Å². The normalized spacial score (nSPS) is 15.1.